The molecular weight excluding hydrogens is 363 g/mol. The van der Waals surface area contributed by atoms with Gasteiger partial charge in [0, 0.05) is 28.6 Å². The van der Waals surface area contributed by atoms with E-state index in [-0.39, 0.29) is 16.8 Å². The van der Waals surface area contributed by atoms with E-state index < -0.39 is 12.3 Å². The molecule has 3 heterocycles. The molecule has 1 aliphatic heterocycles. The Balaban J connectivity index is 1.59. The Labute approximate surface area is 151 Å². The maximum Gasteiger partial charge on any atom is 0.573 e. The lowest BCUT2D eigenvalue weighted by Gasteiger charge is -2.16. The average Bonchev–Trinajstić information content (AvgIpc) is 3.06. The maximum absolute atomic E-state index is 12.5. The van der Waals surface area contributed by atoms with Crippen molar-refractivity contribution < 1.29 is 27.4 Å². The molecule has 6 nitrogen and oxygen atoms in total. The van der Waals surface area contributed by atoms with Gasteiger partial charge in [-0.1, -0.05) is 6.07 Å². The predicted molar refractivity (Wildman–Crippen MR) is 90.5 cm³/mol. The van der Waals surface area contributed by atoms with E-state index in [9.17, 15) is 18.0 Å². The summed E-state index contributed by atoms with van der Waals surface area (Å²) in [5, 5.41) is 2.85. The van der Waals surface area contributed by atoms with Gasteiger partial charge in [0.1, 0.15) is 11.4 Å². The van der Waals surface area contributed by atoms with Crippen LogP contribution in [0, 0.1) is 0 Å². The Morgan fingerprint density at radius 1 is 1.30 bits per heavy atom. The Hall–Kier alpha value is -3.07. The minimum Gasteiger partial charge on any atom is -0.405 e. The van der Waals surface area contributed by atoms with Crippen molar-refractivity contribution in [1.29, 1.82) is 0 Å². The number of halogens is 3. The van der Waals surface area contributed by atoms with Crippen molar-refractivity contribution in [3.63, 3.8) is 0 Å². The zero-order valence-corrected chi connectivity index (χ0v) is 13.9. The second kappa shape index (κ2) is 6.58. The van der Waals surface area contributed by atoms with Crippen LogP contribution in [0.2, 0.25) is 0 Å². The van der Waals surface area contributed by atoms with Crippen LogP contribution in [-0.2, 0) is 17.8 Å². The predicted octanol–water partition coefficient (Wildman–Crippen LogP) is 3.79. The number of fused-ring (bicyclic) bond motifs is 2. The number of anilines is 1. The number of ether oxygens (including phenoxy) is 2. The molecule has 2 N–H and O–H groups in total. The van der Waals surface area contributed by atoms with Crippen LogP contribution < -0.4 is 10.1 Å². The maximum atomic E-state index is 12.5. The SMILES string of the molecule is O=C(Nc1cnc2c(c1)COCC2)c1cc2c(OC(F)(F)F)cccc2[nH]1. The van der Waals surface area contributed by atoms with Crippen LogP contribution in [0.15, 0.2) is 36.5 Å². The summed E-state index contributed by atoms with van der Waals surface area (Å²) in [4.78, 5) is 19.6. The summed E-state index contributed by atoms with van der Waals surface area (Å²) >= 11 is 0. The third-order valence-electron chi connectivity index (χ3n) is 4.15. The molecule has 0 aliphatic carbocycles. The van der Waals surface area contributed by atoms with Crippen molar-refractivity contribution in [3.8, 4) is 5.75 Å². The van der Waals surface area contributed by atoms with E-state index in [2.05, 4.69) is 20.0 Å². The molecule has 1 aromatic carbocycles. The van der Waals surface area contributed by atoms with Gasteiger partial charge in [0.15, 0.2) is 0 Å². The van der Waals surface area contributed by atoms with Crippen LogP contribution in [0.1, 0.15) is 21.7 Å². The monoisotopic (exact) mass is 377 g/mol. The van der Waals surface area contributed by atoms with Gasteiger partial charge < -0.3 is 19.8 Å². The molecule has 0 radical (unpaired) electrons. The summed E-state index contributed by atoms with van der Waals surface area (Å²) in [7, 11) is 0. The van der Waals surface area contributed by atoms with Crippen LogP contribution >= 0.6 is 0 Å². The van der Waals surface area contributed by atoms with Crippen LogP contribution in [0.25, 0.3) is 10.9 Å². The zero-order chi connectivity index (χ0) is 19.0. The van der Waals surface area contributed by atoms with Crippen molar-refractivity contribution >= 4 is 22.5 Å². The second-order valence-corrected chi connectivity index (χ2v) is 6.03. The number of nitrogens with one attached hydrogen (secondary N) is 2. The molecule has 1 amide bonds. The summed E-state index contributed by atoms with van der Waals surface area (Å²) in [6.07, 6.45) is -2.55. The number of rotatable bonds is 3. The second-order valence-electron chi connectivity index (χ2n) is 6.03. The van der Waals surface area contributed by atoms with Gasteiger partial charge in [-0.05, 0) is 24.3 Å². The van der Waals surface area contributed by atoms with E-state index in [1.165, 1.54) is 18.2 Å². The van der Waals surface area contributed by atoms with Crippen molar-refractivity contribution in [1.82, 2.24) is 9.97 Å². The first-order valence-corrected chi connectivity index (χ1v) is 8.13. The molecular formula is C18H14F3N3O3. The summed E-state index contributed by atoms with van der Waals surface area (Å²) < 4.78 is 47.0. The lowest BCUT2D eigenvalue weighted by Crippen LogP contribution is -2.17. The van der Waals surface area contributed by atoms with E-state index in [1.807, 2.05) is 0 Å². The van der Waals surface area contributed by atoms with E-state index in [0.29, 0.717) is 30.8 Å². The molecule has 140 valence electrons. The Morgan fingerprint density at radius 2 is 2.15 bits per heavy atom. The van der Waals surface area contributed by atoms with Gasteiger partial charge in [-0.2, -0.15) is 0 Å². The molecule has 2 aromatic heterocycles. The fourth-order valence-electron chi connectivity index (χ4n) is 2.97. The number of benzene rings is 1. The highest BCUT2D eigenvalue weighted by molar-refractivity contribution is 6.06. The van der Waals surface area contributed by atoms with E-state index >= 15 is 0 Å². The van der Waals surface area contributed by atoms with E-state index in [1.54, 1.807) is 18.3 Å². The zero-order valence-electron chi connectivity index (χ0n) is 13.9. The van der Waals surface area contributed by atoms with E-state index in [0.717, 1.165) is 11.3 Å². The highest BCUT2D eigenvalue weighted by Crippen LogP contribution is 2.31. The number of amides is 1. The number of pyridine rings is 1. The highest BCUT2D eigenvalue weighted by atomic mass is 19.4. The Morgan fingerprint density at radius 3 is 2.96 bits per heavy atom. The van der Waals surface area contributed by atoms with Crippen molar-refractivity contribution in [2.45, 2.75) is 19.4 Å². The van der Waals surface area contributed by atoms with Gasteiger partial charge in [0.2, 0.25) is 0 Å². The fraction of sp³-hybridized carbons (Fsp3) is 0.222. The molecule has 0 atom stereocenters. The number of alkyl halides is 3. The molecule has 1 aliphatic rings. The molecule has 0 bridgehead atoms. The number of hydrogen-bond donors (Lipinski definition) is 2. The average molecular weight is 377 g/mol. The van der Waals surface area contributed by atoms with Crippen LogP contribution in [0.4, 0.5) is 18.9 Å². The minimum absolute atomic E-state index is 0.109. The lowest BCUT2D eigenvalue weighted by atomic mass is 10.1. The Bertz CT molecular complexity index is 1010. The van der Waals surface area contributed by atoms with Gasteiger partial charge in [0.05, 0.1) is 25.1 Å². The van der Waals surface area contributed by atoms with Gasteiger partial charge in [-0.15, -0.1) is 13.2 Å². The minimum atomic E-state index is -4.81. The fourth-order valence-corrected chi connectivity index (χ4v) is 2.97. The highest BCUT2D eigenvalue weighted by Gasteiger charge is 2.32. The summed E-state index contributed by atoms with van der Waals surface area (Å²) in [5.41, 5.74) is 2.78. The quantitative estimate of drug-likeness (QED) is 0.728. The van der Waals surface area contributed by atoms with Crippen molar-refractivity contribution in [2.75, 3.05) is 11.9 Å². The van der Waals surface area contributed by atoms with Crippen molar-refractivity contribution in [2.24, 2.45) is 0 Å². The summed E-state index contributed by atoms with van der Waals surface area (Å²) in [5.74, 6) is -0.870. The van der Waals surface area contributed by atoms with E-state index in [4.69, 9.17) is 4.74 Å². The number of carbonyl (C=O) groups is 1. The molecule has 9 heteroatoms. The number of aromatic amines is 1. The standard InChI is InChI=1S/C18H14F3N3O3/c19-18(20,21)27-16-3-1-2-14-12(16)7-15(24-14)17(25)23-11-6-10-9-26-5-4-13(10)22-8-11/h1-3,6-8,24H,4-5,9H2,(H,23,25). The smallest absolute Gasteiger partial charge is 0.405 e. The third-order valence-corrected chi connectivity index (χ3v) is 4.15. The third kappa shape index (κ3) is 3.72. The number of aromatic nitrogens is 2. The van der Waals surface area contributed by atoms with Gasteiger partial charge in [-0.25, -0.2) is 0 Å². The number of H-pyrrole nitrogens is 1. The first-order valence-electron chi connectivity index (χ1n) is 8.13. The summed E-state index contributed by atoms with van der Waals surface area (Å²) in [6, 6.07) is 7.27. The van der Waals surface area contributed by atoms with Gasteiger partial charge in [0.25, 0.3) is 5.91 Å². The largest absolute Gasteiger partial charge is 0.573 e. The number of carbonyl (C=O) groups excluding carboxylic acids is 1. The molecule has 0 saturated heterocycles. The molecule has 0 fully saturated rings. The van der Waals surface area contributed by atoms with Gasteiger partial charge >= 0.3 is 6.36 Å². The topological polar surface area (TPSA) is 76.2 Å². The van der Waals surface area contributed by atoms with Crippen molar-refractivity contribution in [3.05, 3.63) is 53.5 Å². The lowest BCUT2D eigenvalue weighted by molar-refractivity contribution is -0.274. The molecule has 27 heavy (non-hydrogen) atoms. The normalized spacial score (nSPS) is 14.0. The molecule has 0 spiro atoms. The number of nitrogens with zero attached hydrogens (tertiary/aromatic N) is 1. The summed E-state index contributed by atoms with van der Waals surface area (Å²) in [6.45, 7) is 1.04. The molecule has 0 saturated carbocycles. The number of hydrogen-bond acceptors (Lipinski definition) is 4. The van der Waals surface area contributed by atoms with Crippen LogP contribution in [0.5, 0.6) is 5.75 Å². The first-order chi connectivity index (χ1) is 12.9. The molecule has 4 rings (SSSR count). The van der Waals surface area contributed by atoms with Gasteiger partial charge in [-0.3, -0.25) is 9.78 Å². The molecule has 0 unspecified atom stereocenters. The Kier molecular flexibility index (Phi) is 4.23. The first kappa shape index (κ1) is 17.3. The van der Waals surface area contributed by atoms with Crippen LogP contribution in [0.3, 0.4) is 0 Å². The molecule has 3 aromatic rings. The van der Waals surface area contributed by atoms with Crippen LogP contribution in [-0.4, -0.2) is 28.8 Å².